The maximum absolute atomic E-state index is 12.1. The summed E-state index contributed by atoms with van der Waals surface area (Å²) in [6.45, 7) is 9.14. The molecule has 0 spiro atoms. The van der Waals surface area contributed by atoms with E-state index in [9.17, 15) is 9.59 Å². The van der Waals surface area contributed by atoms with Gasteiger partial charge in [-0.3, -0.25) is 19.5 Å². The Hall–Kier alpha value is -1.75. The SMILES string of the molecule is CCN(CC(=O)NC(C(C)=O)C(C)C)Cc1ccncc1. The van der Waals surface area contributed by atoms with Crippen LogP contribution in [0.25, 0.3) is 0 Å². The van der Waals surface area contributed by atoms with Gasteiger partial charge in [0.1, 0.15) is 0 Å². The van der Waals surface area contributed by atoms with E-state index in [2.05, 4.69) is 10.3 Å². The highest BCUT2D eigenvalue weighted by Gasteiger charge is 2.21. The van der Waals surface area contributed by atoms with E-state index >= 15 is 0 Å². The highest BCUT2D eigenvalue weighted by Crippen LogP contribution is 2.05. The molecule has 1 amide bonds. The van der Waals surface area contributed by atoms with Crippen LogP contribution in [0.5, 0.6) is 0 Å². The Morgan fingerprint density at radius 3 is 2.38 bits per heavy atom. The van der Waals surface area contributed by atoms with E-state index in [1.165, 1.54) is 6.92 Å². The molecule has 1 aromatic heterocycles. The van der Waals surface area contributed by atoms with Crippen LogP contribution >= 0.6 is 0 Å². The number of rotatable bonds is 8. The summed E-state index contributed by atoms with van der Waals surface area (Å²) in [5, 5.41) is 2.82. The number of carbonyl (C=O) groups is 2. The first-order valence-electron chi connectivity index (χ1n) is 7.35. The second kappa shape index (κ2) is 8.52. The summed E-state index contributed by atoms with van der Waals surface area (Å²) in [6, 6.07) is 3.47. The van der Waals surface area contributed by atoms with Crippen molar-refractivity contribution in [2.45, 2.75) is 40.3 Å². The fraction of sp³-hybridized carbons (Fsp3) is 0.562. The highest BCUT2D eigenvalue weighted by atomic mass is 16.2. The molecule has 21 heavy (non-hydrogen) atoms. The lowest BCUT2D eigenvalue weighted by Gasteiger charge is -2.23. The molecule has 0 saturated heterocycles. The molecule has 0 radical (unpaired) electrons. The molecule has 1 rings (SSSR count). The van der Waals surface area contributed by atoms with Crippen LogP contribution in [0.15, 0.2) is 24.5 Å². The van der Waals surface area contributed by atoms with Crippen molar-refractivity contribution in [3.8, 4) is 0 Å². The second-order valence-corrected chi connectivity index (χ2v) is 5.56. The molecule has 5 heteroatoms. The Kier molecular flexibility index (Phi) is 7.02. The lowest BCUT2D eigenvalue weighted by Crippen LogP contribution is -2.47. The first-order valence-corrected chi connectivity index (χ1v) is 7.35. The zero-order chi connectivity index (χ0) is 15.8. The van der Waals surface area contributed by atoms with Gasteiger partial charge in [0, 0.05) is 18.9 Å². The van der Waals surface area contributed by atoms with E-state index in [0.29, 0.717) is 6.54 Å². The van der Waals surface area contributed by atoms with Gasteiger partial charge in [0.15, 0.2) is 5.78 Å². The first kappa shape index (κ1) is 17.3. The van der Waals surface area contributed by atoms with Crippen LogP contribution in [0.2, 0.25) is 0 Å². The zero-order valence-corrected chi connectivity index (χ0v) is 13.3. The number of carbonyl (C=O) groups excluding carboxylic acids is 2. The molecule has 0 saturated carbocycles. The van der Waals surface area contributed by atoms with E-state index in [1.807, 2.05) is 37.8 Å². The maximum Gasteiger partial charge on any atom is 0.234 e. The predicted molar refractivity (Wildman–Crippen MR) is 82.6 cm³/mol. The smallest absolute Gasteiger partial charge is 0.234 e. The third kappa shape index (κ3) is 6.04. The van der Waals surface area contributed by atoms with Gasteiger partial charge in [0.2, 0.25) is 5.91 Å². The summed E-state index contributed by atoms with van der Waals surface area (Å²) in [6.07, 6.45) is 3.49. The largest absolute Gasteiger partial charge is 0.345 e. The summed E-state index contributed by atoms with van der Waals surface area (Å²) in [4.78, 5) is 29.6. The van der Waals surface area contributed by atoms with Gasteiger partial charge in [0.05, 0.1) is 12.6 Å². The number of aromatic nitrogens is 1. The van der Waals surface area contributed by atoms with E-state index in [0.717, 1.165) is 12.1 Å². The van der Waals surface area contributed by atoms with Crippen LogP contribution in [0.3, 0.4) is 0 Å². The summed E-state index contributed by atoms with van der Waals surface area (Å²) in [7, 11) is 0. The Morgan fingerprint density at radius 1 is 1.29 bits per heavy atom. The second-order valence-electron chi connectivity index (χ2n) is 5.56. The van der Waals surface area contributed by atoms with E-state index in [4.69, 9.17) is 0 Å². The molecule has 0 aliphatic heterocycles. The summed E-state index contributed by atoms with van der Waals surface area (Å²) in [5.74, 6) is -0.0166. The van der Waals surface area contributed by atoms with Crippen molar-refractivity contribution in [1.82, 2.24) is 15.2 Å². The number of ketones is 1. The molecule has 0 aromatic carbocycles. The van der Waals surface area contributed by atoms with Gasteiger partial charge >= 0.3 is 0 Å². The molecular formula is C16H25N3O2. The van der Waals surface area contributed by atoms with E-state index in [-0.39, 0.29) is 24.2 Å². The van der Waals surface area contributed by atoms with Crippen molar-refractivity contribution in [2.24, 2.45) is 5.92 Å². The maximum atomic E-state index is 12.1. The molecule has 0 fully saturated rings. The molecule has 1 heterocycles. The number of hydrogen-bond donors (Lipinski definition) is 1. The lowest BCUT2D eigenvalue weighted by molar-refractivity contribution is -0.128. The molecule has 1 unspecified atom stereocenters. The van der Waals surface area contributed by atoms with E-state index in [1.54, 1.807) is 12.4 Å². The van der Waals surface area contributed by atoms with Crippen LogP contribution in [0.4, 0.5) is 0 Å². The molecule has 0 aliphatic rings. The molecular weight excluding hydrogens is 266 g/mol. The minimum Gasteiger partial charge on any atom is -0.345 e. The minimum absolute atomic E-state index is 0.00414. The first-order chi connectivity index (χ1) is 9.93. The Labute approximate surface area is 126 Å². The van der Waals surface area contributed by atoms with Gasteiger partial charge in [0.25, 0.3) is 0 Å². The number of amides is 1. The number of hydrogen-bond acceptors (Lipinski definition) is 4. The molecule has 0 bridgehead atoms. The standard InChI is InChI=1S/C16H25N3O2/c1-5-19(10-14-6-8-17-9-7-14)11-15(21)18-16(12(2)3)13(4)20/h6-9,12,16H,5,10-11H2,1-4H3,(H,18,21). The van der Waals surface area contributed by atoms with Gasteiger partial charge in [-0.25, -0.2) is 0 Å². The van der Waals surface area contributed by atoms with Gasteiger partial charge < -0.3 is 5.32 Å². The number of nitrogens with zero attached hydrogens (tertiary/aromatic N) is 2. The molecule has 0 aliphatic carbocycles. The van der Waals surface area contributed by atoms with Gasteiger partial charge in [-0.15, -0.1) is 0 Å². The number of Topliss-reactive ketones (excluding diaryl/α,β-unsaturated/α-hetero) is 1. The van der Waals surface area contributed by atoms with Crippen LogP contribution in [0.1, 0.15) is 33.3 Å². The van der Waals surface area contributed by atoms with Gasteiger partial charge in [-0.1, -0.05) is 20.8 Å². The number of pyridine rings is 1. The van der Waals surface area contributed by atoms with Crippen molar-refractivity contribution in [3.63, 3.8) is 0 Å². The zero-order valence-electron chi connectivity index (χ0n) is 13.3. The van der Waals surface area contributed by atoms with Crippen molar-refractivity contribution >= 4 is 11.7 Å². The monoisotopic (exact) mass is 291 g/mol. The third-order valence-electron chi connectivity index (χ3n) is 3.39. The fourth-order valence-electron chi connectivity index (χ4n) is 2.19. The average Bonchev–Trinajstić information content (AvgIpc) is 2.44. The fourth-order valence-corrected chi connectivity index (χ4v) is 2.19. The van der Waals surface area contributed by atoms with E-state index < -0.39 is 6.04 Å². The molecule has 1 atom stereocenters. The summed E-state index contributed by atoms with van der Waals surface area (Å²) in [5.41, 5.74) is 1.12. The number of nitrogens with one attached hydrogen (secondary N) is 1. The molecule has 5 nitrogen and oxygen atoms in total. The summed E-state index contributed by atoms with van der Waals surface area (Å²) >= 11 is 0. The average molecular weight is 291 g/mol. The molecule has 1 N–H and O–H groups in total. The van der Waals surface area contributed by atoms with Crippen LogP contribution in [-0.2, 0) is 16.1 Å². The van der Waals surface area contributed by atoms with Crippen LogP contribution in [0, 0.1) is 5.92 Å². The van der Waals surface area contributed by atoms with Crippen molar-refractivity contribution < 1.29 is 9.59 Å². The molecule has 1 aromatic rings. The predicted octanol–water partition coefficient (Wildman–Crippen LogP) is 1.63. The van der Waals surface area contributed by atoms with Crippen molar-refractivity contribution in [3.05, 3.63) is 30.1 Å². The van der Waals surface area contributed by atoms with Crippen molar-refractivity contribution in [2.75, 3.05) is 13.1 Å². The normalized spacial score (nSPS) is 12.5. The van der Waals surface area contributed by atoms with Crippen LogP contribution in [-0.4, -0.2) is 40.7 Å². The van der Waals surface area contributed by atoms with Gasteiger partial charge in [-0.05, 0) is 37.1 Å². The van der Waals surface area contributed by atoms with Crippen LogP contribution < -0.4 is 5.32 Å². The number of likely N-dealkylation sites (N-methyl/N-ethyl adjacent to an activating group) is 1. The highest BCUT2D eigenvalue weighted by molar-refractivity contribution is 5.88. The topological polar surface area (TPSA) is 62.3 Å². The Bertz CT molecular complexity index is 460. The Morgan fingerprint density at radius 2 is 1.90 bits per heavy atom. The minimum atomic E-state index is -0.405. The summed E-state index contributed by atoms with van der Waals surface area (Å²) < 4.78 is 0. The Balaban J connectivity index is 2.56. The van der Waals surface area contributed by atoms with Crippen molar-refractivity contribution in [1.29, 1.82) is 0 Å². The quantitative estimate of drug-likeness (QED) is 0.791. The molecule has 116 valence electrons. The third-order valence-corrected chi connectivity index (χ3v) is 3.39. The lowest BCUT2D eigenvalue weighted by atomic mass is 10.0. The van der Waals surface area contributed by atoms with Gasteiger partial charge in [-0.2, -0.15) is 0 Å².